The highest BCUT2D eigenvalue weighted by Crippen LogP contribution is 2.21. The molecule has 0 saturated carbocycles. The predicted octanol–water partition coefficient (Wildman–Crippen LogP) is 3.57. The SMILES string of the molecule is FCCCOc1ccc(Br)cc1F.OB(O)c1ccc(OCCCF)c(F)c1. The van der Waals surface area contributed by atoms with Crippen LogP contribution in [0, 0.1) is 11.6 Å². The molecule has 0 saturated heterocycles. The summed E-state index contributed by atoms with van der Waals surface area (Å²) in [5.41, 5.74) is 0.0466. The van der Waals surface area contributed by atoms with Gasteiger partial charge in [0.25, 0.3) is 0 Å². The zero-order valence-corrected chi connectivity index (χ0v) is 16.5. The summed E-state index contributed by atoms with van der Waals surface area (Å²) >= 11 is 3.12. The summed E-state index contributed by atoms with van der Waals surface area (Å²) in [6.07, 6.45) is 0.485. The molecule has 0 aromatic heterocycles. The van der Waals surface area contributed by atoms with Crippen LogP contribution in [0.2, 0.25) is 0 Å². The van der Waals surface area contributed by atoms with Crippen molar-refractivity contribution in [2.75, 3.05) is 26.6 Å². The average Bonchev–Trinajstić information content (AvgIpc) is 2.65. The van der Waals surface area contributed by atoms with Crippen molar-refractivity contribution in [2.45, 2.75) is 12.8 Å². The topological polar surface area (TPSA) is 58.9 Å². The zero-order valence-electron chi connectivity index (χ0n) is 14.9. The Morgan fingerprint density at radius 3 is 1.75 bits per heavy atom. The van der Waals surface area contributed by atoms with Crippen LogP contribution in [0.3, 0.4) is 0 Å². The second-order valence-electron chi connectivity index (χ2n) is 5.42. The fourth-order valence-electron chi connectivity index (χ4n) is 1.86. The summed E-state index contributed by atoms with van der Waals surface area (Å²) in [5, 5.41) is 17.5. The summed E-state index contributed by atoms with van der Waals surface area (Å²) in [7, 11) is -1.71. The standard InChI is InChI=1S/C9H11BF2O3.C9H9BrF2O/c11-4-1-5-15-9-3-2-7(10(13)14)6-8(9)12;10-7-2-3-9(8(12)6-7)13-5-1-4-11/h2-3,6,13-14H,1,4-5H2;2-3,6H,1,4-5H2. The number of halogens is 5. The molecule has 0 aliphatic heterocycles. The van der Waals surface area contributed by atoms with Crippen LogP contribution < -0.4 is 14.9 Å². The molecule has 4 nitrogen and oxygen atoms in total. The molecule has 0 unspecified atom stereocenters. The molecule has 0 heterocycles. The molecule has 2 rings (SSSR count). The van der Waals surface area contributed by atoms with Crippen molar-refractivity contribution in [2.24, 2.45) is 0 Å². The number of rotatable bonds is 9. The molecule has 28 heavy (non-hydrogen) atoms. The lowest BCUT2D eigenvalue weighted by molar-refractivity contribution is 0.277. The van der Waals surface area contributed by atoms with Gasteiger partial charge in [-0.3, -0.25) is 8.78 Å². The summed E-state index contributed by atoms with van der Waals surface area (Å²) in [6, 6.07) is 8.08. The van der Waals surface area contributed by atoms with Crippen LogP contribution in [0.25, 0.3) is 0 Å². The van der Waals surface area contributed by atoms with Gasteiger partial charge in [-0.25, -0.2) is 8.78 Å². The van der Waals surface area contributed by atoms with Gasteiger partial charge in [0, 0.05) is 17.3 Å². The van der Waals surface area contributed by atoms with Crippen LogP contribution >= 0.6 is 15.9 Å². The van der Waals surface area contributed by atoms with Crippen molar-refractivity contribution in [3.63, 3.8) is 0 Å². The third-order valence-corrected chi connectivity index (χ3v) is 3.71. The third-order valence-electron chi connectivity index (χ3n) is 3.22. The number of ether oxygens (including phenoxy) is 2. The molecule has 0 fully saturated rings. The fraction of sp³-hybridized carbons (Fsp3) is 0.333. The quantitative estimate of drug-likeness (QED) is 0.337. The van der Waals surface area contributed by atoms with E-state index in [9.17, 15) is 17.6 Å². The number of benzene rings is 2. The average molecular weight is 467 g/mol. The highest BCUT2D eigenvalue weighted by Gasteiger charge is 2.13. The maximum Gasteiger partial charge on any atom is 0.488 e. The third kappa shape index (κ3) is 8.94. The Hall–Kier alpha value is -1.78. The van der Waals surface area contributed by atoms with E-state index in [-0.39, 0.29) is 43.0 Å². The van der Waals surface area contributed by atoms with Crippen molar-refractivity contribution in [3.05, 3.63) is 52.5 Å². The molecular weight excluding hydrogens is 447 g/mol. The molecule has 0 amide bonds. The highest BCUT2D eigenvalue weighted by molar-refractivity contribution is 9.10. The Bertz CT molecular complexity index is 722. The maximum absolute atomic E-state index is 13.2. The van der Waals surface area contributed by atoms with E-state index in [0.717, 1.165) is 6.07 Å². The van der Waals surface area contributed by atoms with Crippen molar-refractivity contribution in [3.8, 4) is 11.5 Å². The van der Waals surface area contributed by atoms with E-state index in [4.69, 9.17) is 19.5 Å². The number of hydrogen-bond donors (Lipinski definition) is 2. The first-order valence-electron chi connectivity index (χ1n) is 8.37. The monoisotopic (exact) mass is 466 g/mol. The minimum atomic E-state index is -1.71. The normalized spacial score (nSPS) is 10.1. The molecule has 2 aromatic carbocycles. The molecule has 0 radical (unpaired) electrons. The Labute approximate surface area is 169 Å². The first kappa shape index (κ1) is 24.3. The maximum atomic E-state index is 13.2. The molecule has 0 spiro atoms. The van der Waals surface area contributed by atoms with E-state index in [1.165, 1.54) is 24.3 Å². The van der Waals surface area contributed by atoms with Gasteiger partial charge in [-0.2, -0.15) is 0 Å². The summed E-state index contributed by atoms with van der Waals surface area (Å²) < 4.78 is 60.2. The van der Waals surface area contributed by atoms with E-state index >= 15 is 0 Å². The lowest BCUT2D eigenvalue weighted by atomic mass is 9.80. The van der Waals surface area contributed by atoms with Crippen LogP contribution in [-0.2, 0) is 0 Å². The highest BCUT2D eigenvalue weighted by atomic mass is 79.9. The molecule has 2 N–H and O–H groups in total. The second kappa shape index (κ2) is 13.4. The van der Waals surface area contributed by atoms with E-state index < -0.39 is 32.1 Å². The van der Waals surface area contributed by atoms with Crippen molar-refractivity contribution >= 4 is 28.5 Å². The Morgan fingerprint density at radius 2 is 1.32 bits per heavy atom. The van der Waals surface area contributed by atoms with Crippen LogP contribution in [0.4, 0.5) is 17.6 Å². The van der Waals surface area contributed by atoms with Gasteiger partial charge in [0.15, 0.2) is 23.1 Å². The smallest absolute Gasteiger partial charge is 0.488 e. The first-order valence-corrected chi connectivity index (χ1v) is 9.16. The Morgan fingerprint density at radius 1 is 0.821 bits per heavy atom. The molecule has 0 aliphatic rings. The van der Waals surface area contributed by atoms with Gasteiger partial charge in [-0.15, -0.1) is 0 Å². The van der Waals surface area contributed by atoms with Crippen LogP contribution in [-0.4, -0.2) is 43.7 Å². The van der Waals surface area contributed by atoms with Crippen molar-refractivity contribution < 1.29 is 37.1 Å². The lowest BCUT2D eigenvalue weighted by Gasteiger charge is -2.07. The molecule has 154 valence electrons. The summed E-state index contributed by atoms with van der Waals surface area (Å²) in [5.74, 6) is -0.989. The van der Waals surface area contributed by atoms with Gasteiger partial charge in [-0.1, -0.05) is 22.0 Å². The van der Waals surface area contributed by atoms with Gasteiger partial charge in [-0.05, 0) is 35.8 Å². The molecule has 0 atom stereocenters. The zero-order chi connectivity index (χ0) is 20.9. The van der Waals surface area contributed by atoms with E-state index in [2.05, 4.69) is 15.9 Å². The van der Waals surface area contributed by atoms with Gasteiger partial charge in [0.05, 0.1) is 26.6 Å². The van der Waals surface area contributed by atoms with Crippen LogP contribution in [0.1, 0.15) is 12.8 Å². The largest absolute Gasteiger partial charge is 0.490 e. The summed E-state index contributed by atoms with van der Waals surface area (Å²) in [4.78, 5) is 0. The number of alkyl halides is 2. The van der Waals surface area contributed by atoms with Gasteiger partial charge in [0.1, 0.15) is 0 Å². The lowest BCUT2D eigenvalue weighted by Crippen LogP contribution is -2.30. The second-order valence-corrected chi connectivity index (χ2v) is 6.34. The Balaban J connectivity index is 0.000000283. The van der Waals surface area contributed by atoms with Crippen LogP contribution in [0.5, 0.6) is 11.5 Å². The van der Waals surface area contributed by atoms with Gasteiger partial charge in [0.2, 0.25) is 0 Å². The van der Waals surface area contributed by atoms with Crippen molar-refractivity contribution in [1.82, 2.24) is 0 Å². The molecule has 0 aliphatic carbocycles. The summed E-state index contributed by atoms with van der Waals surface area (Å²) in [6.45, 7) is -0.670. The van der Waals surface area contributed by atoms with Crippen LogP contribution in [0.15, 0.2) is 40.9 Å². The molecule has 2 aromatic rings. The minimum absolute atomic E-state index is 0.0205. The molecule has 0 bridgehead atoms. The van der Waals surface area contributed by atoms with E-state index in [1.807, 2.05) is 0 Å². The van der Waals surface area contributed by atoms with Crippen molar-refractivity contribution in [1.29, 1.82) is 0 Å². The van der Waals surface area contributed by atoms with E-state index in [0.29, 0.717) is 4.47 Å². The first-order chi connectivity index (χ1) is 13.4. The Kier molecular flexibility index (Phi) is 11.6. The van der Waals surface area contributed by atoms with Gasteiger partial charge >= 0.3 is 7.12 Å². The van der Waals surface area contributed by atoms with Gasteiger partial charge < -0.3 is 19.5 Å². The molecular formula is C18H20BBrF4O4. The van der Waals surface area contributed by atoms with E-state index in [1.54, 1.807) is 6.07 Å². The molecule has 10 heteroatoms. The minimum Gasteiger partial charge on any atom is -0.490 e. The number of hydrogen-bond acceptors (Lipinski definition) is 4. The predicted molar refractivity (Wildman–Crippen MR) is 102 cm³/mol. The fourth-order valence-corrected chi connectivity index (χ4v) is 2.19.